The first kappa shape index (κ1) is 23.5. The van der Waals surface area contributed by atoms with E-state index in [4.69, 9.17) is 9.26 Å². The Balaban J connectivity index is 1.87. The van der Waals surface area contributed by atoms with Crippen LogP contribution in [0.4, 0.5) is 0 Å². The molecule has 1 heterocycles. The van der Waals surface area contributed by atoms with Crippen molar-refractivity contribution in [3.8, 4) is 0 Å². The predicted octanol–water partition coefficient (Wildman–Crippen LogP) is 1.70. The van der Waals surface area contributed by atoms with Crippen LogP contribution >= 0.6 is 0 Å². The van der Waals surface area contributed by atoms with Gasteiger partial charge in [0.2, 0.25) is 10.0 Å². The third-order valence-corrected chi connectivity index (χ3v) is 6.27. The number of carbonyl (C=O) groups excluding carboxylic acids is 2. The molecule has 1 N–H and O–H groups in total. The number of sulfonamides is 1. The standard InChI is InChI=1S/C19H26N4O6S/c1-5-23(6-2)30(26,27)15-9-7-14(8-10-15)19(25)20-11-17(24)28-12-16-21-18(13(3)4)22-29-16/h7-10,13H,5-6,11-12H2,1-4H3,(H,20,25). The first-order valence-electron chi connectivity index (χ1n) is 9.55. The Morgan fingerprint density at radius 3 is 2.33 bits per heavy atom. The van der Waals surface area contributed by atoms with Crippen LogP contribution in [0.5, 0.6) is 0 Å². The van der Waals surface area contributed by atoms with Crippen LogP contribution in [0.3, 0.4) is 0 Å². The summed E-state index contributed by atoms with van der Waals surface area (Å²) in [7, 11) is -3.60. The molecule has 0 saturated carbocycles. The summed E-state index contributed by atoms with van der Waals surface area (Å²) in [5.74, 6) is -0.429. The predicted molar refractivity (Wildman–Crippen MR) is 107 cm³/mol. The van der Waals surface area contributed by atoms with Gasteiger partial charge in [-0.2, -0.15) is 9.29 Å². The van der Waals surface area contributed by atoms with Gasteiger partial charge in [-0.15, -0.1) is 0 Å². The highest BCUT2D eigenvalue weighted by molar-refractivity contribution is 7.89. The topological polar surface area (TPSA) is 132 Å². The Morgan fingerprint density at radius 1 is 1.17 bits per heavy atom. The Labute approximate surface area is 175 Å². The number of amides is 1. The molecule has 0 radical (unpaired) electrons. The first-order valence-corrected chi connectivity index (χ1v) is 11.0. The molecule has 0 atom stereocenters. The van der Waals surface area contributed by atoms with Crippen molar-refractivity contribution in [2.24, 2.45) is 0 Å². The maximum atomic E-state index is 12.5. The number of aromatic nitrogens is 2. The highest BCUT2D eigenvalue weighted by atomic mass is 32.2. The molecular weight excluding hydrogens is 412 g/mol. The van der Waals surface area contributed by atoms with Gasteiger partial charge < -0.3 is 14.6 Å². The molecule has 1 amide bonds. The highest BCUT2D eigenvalue weighted by Gasteiger charge is 2.21. The summed E-state index contributed by atoms with van der Waals surface area (Å²) in [5.41, 5.74) is 0.222. The maximum absolute atomic E-state index is 12.5. The number of ether oxygens (including phenoxy) is 1. The Kier molecular flexibility index (Phi) is 8.07. The van der Waals surface area contributed by atoms with Crippen molar-refractivity contribution in [1.82, 2.24) is 19.8 Å². The molecule has 164 valence electrons. The molecule has 0 aliphatic heterocycles. The van der Waals surface area contributed by atoms with Gasteiger partial charge in [0.1, 0.15) is 6.54 Å². The van der Waals surface area contributed by atoms with Gasteiger partial charge in [0.15, 0.2) is 12.4 Å². The molecule has 0 fully saturated rings. The number of hydrogen-bond donors (Lipinski definition) is 1. The summed E-state index contributed by atoms with van der Waals surface area (Å²) >= 11 is 0. The fourth-order valence-electron chi connectivity index (χ4n) is 2.50. The second-order valence-corrected chi connectivity index (χ2v) is 8.60. The monoisotopic (exact) mass is 438 g/mol. The molecule has 11 heteroatoms. The van der Waals surface area contributed by atoms with Crippen molar-refractivity contribution in [2.45, 2.75) is 45.1 Å². The number of hydrogen-bond acceptors (Lipinski definition) is 8. The zero-order chi connectivity index (χ0) is 22.3. The van der Waals surface area contributed by atoms with Gasteiger partial charge in [0.05, 0.1) is 4.90 Å². The number of carbonyl (C=O) groups is 2. The van der Waals surface area contributed by atoms with Crippen LogP contribution in [-0.4, -0.2) is 54.4 Å². The Morgan fingerprint density at radius 2 is 1.80 bits per heavy atom. The molecule has 1 aromatic heterocycles. The van der Waals surface area contributed by atoms with E-state index in [1.54, 1.807) is 13.8 Å². The van der Waals surface area contributed by atoms with E-state index >= 15 is 0 Å². The summed E-state index contributed by atoms with van der Waals surface area (Å²) in [6, 6.07) is 5.51. The number of esters is 1. The molecule has 0 spiro atoms. The molecule has 0 bridgehead atoms. The molecule has 0 aliphatic carbocycles. The molecular formula is C19H26N4O6S. The number of rotatable bonds is 10. The summed E-state index contributed by atoms with van der Waals surface area (Å²) < 4.78 is 36.2. The molecule has 0 aliphatic rings. The highest BCUT2D eigenvalue weighted by Crippen LogP contribution is 2.16. The number of nitrogens with zero attached hydrogens (tertiary/aromatic N) is 3. The SMILES string of the molecule is CCN(CC)S(=O)(=O)c1ccc(C(=O)NCC(=O)OCc2nc(C(C)C)no2)cc1. The van der Waals surface area contributed by atoms with E-state index in [0.29, 0.717) is 18.9 Å². The van der Waals surface area contributed by atoms with Gasteiger partial charge in [0.25, 0.3) is 11.8 Å². The normalized spacial score (nSPS) is 11.7. The fraction of sp³-hybridized carbons (Fsp3) is 0.474. The van der Waals surface area contributed by atoms with Gasteiger partial charge in [-0.05, 0) is 24.3 Å². The minimum atomic E-state index is -3.60. The van der Waals surface area contributed by atoms with E-state index in [0.717, 1.165) is 0 Å². The number of nitrogens with one attached hydrogen (secondary N) is 1. The van der Waals surface area contributed by atoms with Gasteiger partial charge in [-0.3, -0.25) is 9.59 Å². The lowest BCUT2D eigenvalue weighted by Gasteiger charge is -2.18. The quantitative estimate of drug-likeness (QED) is 0.554. The van der Waals surface area contributed by atoms with E-state index in [-0.39, 0.29) is 35.4 Å². The molecule has 1 aromatic carbocycles. The van der Waals surface area contributed by atoms with Crippen molar-refractivity contribution >= 4 is 21.9 Å². The number of benzene rings is 1. The minimum Gasteiger partial charge on any atom is -0.454 e. The van der Waals surface area contributed by atoms with Crippen LogP contribution in [0.15, 0.2) is 33.7 Å². The second-order valence-electron chi connectivity index (χ2n) is 6.66. The lowest BCUT2D eigenvalue weighted by Crippen LogP contribution is -2.31. The van der Waals surface area contributed by atoms with Gasteiger partial charge in [-0.1, -0.05) is 32.9 Å². The van der Waals surface area contributed by atoms with Gasteiger partial charge in [-0.25, -0.2) is 8.42 Å². The van der Waals surface area contributed by atoms with E-state index < -0.39 is 21.9 Å². The zero-order valence-electron chi connectivity index (χ0n) is 17.4. The largest absolute Gasteiger partial charge is 0.454 e. The molecule has 0 unspecified atom stereocenters. The van der Waals surface area contributed by atoms with E-state index in [2.05, 4.69) is 15.5 Å². The third kappa shape index (κ3) is 5.86. The summed E-state index contributed by atoms with van der Waals surface area (Å²) in [4.78, 5) is 28.2. The average molecular weight is 439 g/mol. The van der Waals surface area contributed by atoms with Crippen molar-refractivity contribution in [3.05, 3.63) is 41.5 Å². The van der Waals surface area contributed by atoms with Crippen LogP contribution in [0.1, 0.15) is 55.7 Å². The van der Waals surface area contributed by atoms with Crippen molar-refractivity contribution in [1.29, 1.82) is 0 Å². The average Bonchev–Trinajstić information content (AvgIpc) is 3.20. The van der Waals surface area contributed by atoms with Crippen molar-refractivity contribution in [2.75, 3.05) is 19.6 Å². The molecule has 10 nitrogen and oxygen atoms in total. The Hall–Kier alpha value is -2.79. The summed E-state index contributed by atoms with van der Waals surface area (Å²) in [6.45, 7) is 7.48. The minimum absolute atomic E-state index is 0.0888. The van der Waals surface area contributed by atoms with Gasteiger partial charge >= 0.3 is 5.97 Å². The molecule has 30 heavy (non-hydrogen) atoms. The maximum Gasteiger partial charge on any atom is 0.325 e. The zero-order valence-corrected chi connectivity index (χ0v) is 18.2. The smallest absolute Gasteiger partial charge is 0.325 e. The van der Waals surface area contributed by atoms with Crippen LogP contribution < -0.4 is 5.32 Å². The molecule has 0 saturated heterocycles. The summed E-state index contributed by atoms with van der Waals surface area (Å²) in [5, 5.41) is 6.18. The van der Waals surface area contributed by atoms with E-state index in [9.17, 15) is 18.0 Å². The van der Waals surface area contributed by atoms with Crippen molar-refractivity contribution < 1.29 is 27.3 Å². The van der Waals surface area contributed by atoms with E-state index in [1.807, 2.05) is 13.8 Å². The Bertz CT molecular complexity index is 965. The van der Waals surface area contributed by atoms with Crippen LogP contribution in [0.25, 0.3) is 0 Å². The second kappa shape index (κ2) is 10.3. The molecule has 2 rings (SSSR count). The van der Waals surface area contributed by atoms with E-state index in [1.165, 1.54) is 28.6 Å². The lowest BCUT2D eigenvalue weighted by molar-refractivity contribution is -0.144. The van der Waals surface area contributed by atoms with Crippen LogP contribution in [-0.2, 0) is 26.2 Å². The van der Waals surface area contributed by atoms with Crippen LogP contribution in [0.2, 0.25) is 0 Å². The third-order valence-electron chi connectivity index (χ3n) is 4.21. The lowest BCUT2D eigenvalue weighted by atomic mass is 10.2. The van der Waals surface area contributed by atoms with Crippen molar-refractivity contribution in [3.63, 3.8) is 0 Å². The first-order chi connectivity index (χ1) is 14.2. The fourth-order valence-corrected chi connectivity index (χ4v) is 3.96. The van der Waals surface area contributed by atoms with Crippen LogP contribution in [0, 0.1) is 0 Å². The summed E-state index contributed by atoms with van der Waals surface area (Å²) in [6.07, 6.45) is 0. The van der Waals surface area contributed by atoms with Gasteiger partial charge in [0, 0.05) is 24.6 Å². The molecule has 2 aromatic rings.